The molecule has 1 aromatic carbocycles. The lowest BCUT2D eigenvalue weighted by molar-refractivity contribution is -0.0977. The van der Waals surface area contributed by atoms with Crippen molar-refractivity contribution in [2.75, 3.05) is 0 Å². The Morgan fingerprint density at radius 1 is 1.23 bits per heavy atom. The molecule has 2 atom stereocenters. The Hall–Kier alpha value is -1.69. The first-order chi connectivity index (χ1) is 12.1. The number of ether oxygens (including phenoxy) is 1. The van der Waals surface area contributed by atoms with E-state index in [1.54, 1.807) is 23.1 Å². The van der Waals surface area contributed by atoms with Crippen molar-refractivity contribution >= 4 is 6.09 Å². The van der Waals surface area contributed by atoms with E-state index >= 15 is 0 Å². The number of fused-ring (bicyclic) bond motifs is 2. The summed E-state index contributed by atoms with van der Waals surface area (Å²) in [6.45, 7) is 5.46. The van der Waals surface area contributed by atoms with Crippen LogP contribution in [0.4, 0.5) is 13.6 Å². The van der Waals surface area contributed by atoms with Crippen molar-refractivity contribution in [1.82, 2.24) is 4.90 Å². The number of carbonyl (C=O) groups excluding carboxylic acids is 1. The Morgan fingerprint density at radius 2 is 1.81 bits per heavy atom. The smallest absolute Gasteiger partial charge is 0.410 e. The van der Waals surface area contributed by atoms with Crippen LogP contribution in [0.5, 0.6) is 0 Å². The Bertz CT molecular complexity index is 657. The van der Waals surface area contributed by atoms with Crippen molar-refractivity contribution in [2.45, 2.75) is 82.6 Å². The van der Waals surface area contributed by atoms with Crippen LogP contribution in [0, 0.1) is 0 Å². The van der Waals surface area contributed by atoms with Crippen molar-refractivity contribution in [2.24, 2.45) is 0 Å². The van der Waals surface area contributed by atoms with Crippen LogP contribution in [0.25, 0.3) is 0 Å². The number of piperidine rings is 2. The number of nitrogens with zero attached hydrogens (tertiary/aromatic N) is 1. The van der Waals surface area contributed by atoms with Gasteiger partial charge in [0.25, 0.3) is 6.43 Å². The average molecular weight is 367 g/mol. The second kappa shape index (κ2) is 6.80. The number of carbonyl (C=O) groups is 1. The molecule has 0 spiro atoms. The second-order valence-corrected chi connectivity index (χ2v) is 8.45. The maximum Gasteiger partial charge on any atom is 0.410 e. The number of alkyl halides is 2. The van der Waals surface area contributed by atoms with Crippen molar-refractivity contribution in [3.8, 4) is 0 Å². The number of hydrogen-bond donors (Lipinski definition) is 1. The lowest BCUT2D eigenvalue weighted by Gasteiger charge is -2.52. The van der Waals surface area contributed by atoms with Crippen molar-refractivity contribution in [3.63, 3.8) is 0 Å². The normalized spacial score (nSPS) is 29.0. The maximum absolute atomic E-state index is 13.4. The molecular formula is C20H27F2NO3. The van der Waals surface area contributed by atoms with Gasteiger partial charge in [0.2, 0.25) is 0 Å². The van der Waals surface area contributed by atoms with Gasteiger partial charge >= 0.3 is 6.09 Å². The highest BCUT2D eigenvalue weighted by Crippen LogP contribution is 2.46. The first-order valence-electron chi connectivity index (χ1n) is 9.22. The largest absolute Gasteiger partial charge is 0.444 e. The maximum atomic E-state index is 13.4. The first kappa shape index (κ1) is 19.1. The van der Waals surface area contributed by atoms with Crippen molar-refractivity contribution in [1.29, 1.82) is 0 Å². The van der Waals surface area contributed by atoms with Gasteiger partial charge in [-0.25, -0.2) is 13.6 Å². The number of benzene rings is 1. The van der Waals surface area contributed by atoms with Gasteiger partial charge in [-0.2, -0.15) is 0 Å². The molecule has 2 heterocycles. The summed E-state index contributed by atoms with van der Waals surface area (Å²) in [5.41, 5.74) is -1.78. The van der Waals surface area contributed by atoms with E-state index in [4.69, 9.17) is 4.74 Å². The van der Waals surface area contributed by atoms with E-state index < -0.39 is 17.6 Å². The van der Waals surface area contributed by atoms with Crippen LogP contribution in [0.15, 0.2) is 24.3 Å². The van der Waals surface area contributed by atoms with Crippen LogP contribution in [0.3, 0.4) is 0 Å². The average Bonchev–Trinajstić information content (AvgIpc) is 2.52. The van der Waals surface area contributed by atoms with Crippen LogP contribution in [0.1, 0.15) is 70.4 Å². The summed E-state index contributed by atoms with van der Waals surface area (Å²) >= 11 is 0. The molecule has 2 aliphatic heterocycles. The Balaban J connectivity index is 1.89. The lowest BCUT2D eigenvalue weighted by Crippen LogP contribution is -2.59. The highest BCUT2D eigenvalue weighted by molar-refractivity contribution is 5.69. The van der Waals surface area contributed by atoms with E-state index in [9.17, 15) is 18.7 Å². The van der Waals surface area contributed by atoms with Gasteiger partial charge in [-0.3, -0.25) is 0 Å². The van der Waals surface area contributed by atoms with Crippen LogP contribution < -0.4 is 0 Å². The molecule has 4 nitrogen and oxygen atoms in total. The zero-order chi connectivity index (χ0) is 19.1. The van der Waals surface area contributed by atoms with E-state index in [1.807, 2.05) is 20.8 Å². The highest BCUT2D eigenvalue weighted by Gasteiger charge is 2.50. The molecular weight excluding hydrogens is 340 g/mol. The zero-order valence-electron chi connectivity index (χ0n) is 15.5. The number of rotatable bonds is 2. The van der Waals surface area contributed by atoms with Crippen LogP contribution in [-0.2, 0) is 10.3 Å². The summed E-state index contributed by atoms with van der Waals surface area (Å²) in [5, 5.41) is 11.3. The molecule has 0 aromatic heterocycles. The molecule has 0 saturated carbocycles. The fourth-order valence-electron chi connectivity index (χ4n) is 4.37. The topological polar surface area (TPSA) is 49.8 Å². The highest BCUT2D eigenvalue weighted by atomic mass is 19.3. The minimum Gasteiger partial charge on any atom is -0.444 e. The summed E-state index contributed by atoms with van der Waals surface area (Å²) < 4.78 is 32.4. The number of amides is 1. The Kier molecular flexibility index (Phi) is 4.99. The Morgan fingerprint density at radius 3 is 2.35 bits per heavy atom. The van der Waals surface area contributed by atoms with Gasteiger partial charge in [-0.05, 0) is 45.6 Å². The first-order valence-corrected chi connectivity index (χ1v) is 9.22. The van der Waals surface area contributed by atoms with Crippen LogP contribution in [0.2, 0.25) is 0 Å². The predicted octanol–water partition coefficient (Wildman–Crippen LogP) is 4.76. The number of halogens is 2. The molecule has 6 heteroatoms. The Labute approximate surface area is 153 Å². The number of hydrogen-bond acceptors (Lipinski definition) is 3. The van der Waals surface area contributed by atoms with E-state index in [-0.39, 0.29) is 42.1 Å². The van der Waals surface area contributed by atoms with Crippen LogP contribution in [-0.4, -0.2) is 33.8 Å². The molecule has 1 aromatic rings. The second-order valence-electron chi connectivity index (χ2n) is 8.45. The van der Waals surface area contributed by atoms with E-state index in [0.717, 1.165) is 19.3 Å². The minimum atomic E-state index is -2.64. The molecule has 0 radical (unpaired) electrons. The minimum absolute atomic E-state index is 0.126. The fourth-order valence-corrected chi connectivity index (χ4v) is 4.37. The summed E-state index contributed by atoms with van der Waals surface area (Å²) in [4.78, 5) is 14.4. The molecule has 2 aliphatic rings. The molecule has 3 rings (SSSR count). The third kappa shape index (κ3) is 3.70. The van der Waals surface area contributed by atoms with Crippen LogP contribution >= 0.6 is 0 Å². The zero-order valence-corrected chi connectivity index (χ0v) is 15.5. The summed E-state index contributed by atoms with van der Waals surface area (Å²) in [6.07, 6.45) is -0.0559. The SMILES string of the molecule is CC(C)(C)OC(=O)N1C2CCCC1CC(O)(c1ccccc1C(F)F)C2. The van der Waals surface area contributed by atoms with Gasteiger partial charge in [-0.1, -0.05) is 24.3 Å². The van der Waals surface area contributed by atoms with Gasteiger partial charge < -0.3 is 14.7 Å². The van der Waals surface area contributed by atoms with Crippen molar-refractivity contribution in [3.05, 3.63) is 35.4 Å². The molecule has 0 aliphatic carbocycles. The fraction of sp³-hybridized carbons (Fsp3) is 0.650. The molecule has 2 unspecified atom stereocenters. The quantitative estimate of drug-likeness (QED) is 0.820. The standard InChI is InChI=1S/C20H27F2NO3/c1-19(2,3)26-18(24)23-13-7-6-8-14(23)12-20(25,11-13)16-10-5-4-9-15(16)17(21)22/h4-5,9-10,13-14,17,25H,6-8,11-12H2,1-3H3. The van der Waals surface area contributed by atoms with Gasteiger partial charge in [0.15, 0.2) is 0 Å². The molecule has 144 valence electrons. The summed E-state index contributed by atoms with van der Waals surface area (Å²) in [5.74, 6) is 0. The molecule has 1 amide bonds. The molecule has 2 fully saturated rings. The molecule has 2 bridgehead atoms. The molecule has 26 heavy (non-hydrogen) atoms. The molecule has 1 N–H and O–H groups in total. The summed E-state index contributed by atoms with van der Waals surface area (Å²) in [7, 11) is 0. The van der Waals surface area contributed by atoms with Gasteiger partial charge in [0, 0.05) is 30.5 Å². The van der Waals surface area contributed by atoms with E-state index in [0.29, 0.717) is 0 Å². The van der Waals surface area contributed by atoms with E-state index in [1.165, 1.54) is 6.07 Å². The number of aliphatic hydroxyl groups is 1. The third-order valence-corrected chi connectivity index (χ3v) is 5.31. The lowest BCUT2D eigenvalue weighted by atomic mass is 9.71. The van der Waals surface area contributed by atoms with Gasteiger partial charge in [0.1, 0.15) is 5.60 Å². The molecule has 2 saturated heterocycles. The monoisotopic (exact) mass is 367 g/mol. The van der Waals surface area contributed by atoms with Gasteiger partial charge in [0.05, 0.1) is 5.60 Å². The van der Waals surface area contributed by atoms with E-state index in [2.05, 4.69) is 0 Å². The van der Waals surface area contributed by atoms with Crippen molar-refractivity contribution < 1.29 is 23.4 Å². The van der Waals surface area contributed by atoms with Gasteiger partial charge in [-0.15, -0.1) is 0 Å². The third-order valence-electron chi connectivity index (χ3n) is 5.31. The summed E-state index contributed by atoms with van der Waals surface area (Å²) in [6, 6.07) is 5.79. The predicted molar refractivity (Wildman–Crippen MR) is 94.0 cm³/mol.